The molecule has 0 N–H and O–H groups in total. The summed E-state index contributed by atoms with van der Waals surface area (Å²) in [5.74, 6) is 0.994. The van der Waals surface area contributed by atoms with Crippen molar-refractivity contribution < 1.29 is 9.53 Å². The Morgan fingerprint density at radius 1 is 1.07 bits per heavy atom. The number of carbonyl (C=O) groups excluding carboxylic acids is 1. The van der Waals surface area contributed by atoms with E-state index in [1.165, 1.54) is 25.7 Å². The topological polar surface area (TPSA) is 41.9 Å². The third-order valence-corrected chi connectivity index (χ3v) is 6.46. The maximum atomic E-state index is 13.3. The Labute approximate surface area is 166 Å². The largest absolute Gasteiger partial charge is 0.495 e. The van der Waals surface area contributed by atoms with Gasteiger partial charge in [0.15, 0.2) is 0 Å². The van der Waals surface area contributed by atoms with Gasteiger partial charge in [-0.05, 0) is 49.4 Å². The van der Waals surface area contributed by atoms with E-state index in [1.807, 2.05) is 23.2 Å². The molecule has 0 radical (unpaired) electrons. The summed E-state index contributed by atoms with van der Waals surface area (Å²) in [6.45, 7) is 0. The molecule has 1 aromatic carbocycles. The van der Waals surface area contributed by atoms with Gasteiger partial charge in [-0.3, -0.25) is 4.79 Å². The van der Waals surface area contributed by atoms with Crippen LogP contribution in [0, 0.1) is 11.8 Å². The average Bonchev–Trinajstić information content (AvgIpc) is 2.98. The molecule has 1 aliphatic heterocycles. The van der Waals surface area contributed by atoms with Gasteiger partial charge < -0.3 is 4.74 Å². The van der Waals surface area contributed by atoms with Crippen LogP contribution in [-0.2, 0) is 4.79 Å². The zero-order valence-electron chi connectivity index (χ0n) is 15.9. The summed E-state index contributed by atoms with van der Waals surface area (Å²) in [5.41, 5.74) is 2.00. The van der Waals surface area contributed by atoms with Gasteiger partial charge in [0, 0.05) is 5.92 Å². The number of rotatable bonds is 3. The van der Waals surface area contributed by atoms with Crippen LogP contribution in [0.2, 0.25) is 5.02 Å². The van der Waals surface area contributed by atoms with E-state index in [1.54, 1.807) is 7.11 Å². The minimum Gasteiger partial charge on any atom is -0.495 e. The maximum absolute atomic E-state index is 13.3. The fourth-order valence-electron chi connectivity index (χ4n) is 4.66. The van der Waals surface area contributed by atoms with E-state index in [2.05, 4.69) is 12.2 Å². The van der Waals surface area contributed by atoms with E-state index in [0.717, 1.165) is 37.0 Å². The molecule has 2 atom stereocenters. The molecular formula is C22H27ClN2O2. The van der Waals surface area contributed by atoms with Crippen LogP contribution in [0.4, 0.5) is 0 Å². The molecule has 1 amide bonds. The number of benzene rings is 1. The molecule has 2 aliphatic carbocycles. The van der Waals surface area contributed by atoms with Gasteiger partial charge in [0.25, 0.3) is 0 Å². The number of halogens is 1. The van der Waals surface area contributed by atoms with Crippen molar-refractivity contribution in [2.24, 2.45) is 16.9 Å². The summed E-state index contributed by atoms with van der Waals surface area (Å²) in [4.78, 5) is 13.3. The second-order valence-electron chi connectivity index (χ2n) is 7.82. The molecule has 0 aromatic heterocycles. The van der Waals surface area contributed by atoms with E-state index in [9.17, 15) is 4.79 Å². The number of ether oxygens (including phenoxy) is 1. The standard InChI is InChI=1S/C22H27ClN2O2/c1-27-20-13-12-15(14-19(20)23)21-17-10-6-7-11-18(17)22(26)25(24-21)16-8-4-2-3-5-9-16/h6-7,12-14,16-18H,2-5,8-11H2,1H3/t17-,18+/m1/s1. The average molecular weight is 387 g/mol. The Morgan fingerprint density at radius 2 is 1.78 bits per heavy atom. The van der Waals surface area contributed by atoms with E-state index < -0.39 is 0 Å². The molecule has 4 rings (SSSR count). The first-order valence-corrected chi connectivity index (χ1v) is 10.5. The molecule has 5 heteroatoms. The lowest BCUT2D eigenvalue weighted by Crippen LogP contribution is -2.49. The molecular weight excluding hydrogens is 360 g/mol. The Bertz CT molecular complexity index is 766. The van der Waals surface area contributed by atoms with Crippen LogP contribution in [-0.4, -0.2) is 29.8 Å². The van der Waals surface area contributed by atoms with Gasteiger partial charge in [-0.2, -0.15) is 5.10 Å². The molecule has 0 unspecified atom stereocenters. The summed E-state index contributed by atoms with van der Waals surface area (Å²) in [6, 6.07) is 6.06. The van der Waals surface area contributed by atoms with E-state index >= 15 is 0 Å². The third-order valence-electron chi connectivity index (χ3n) is 6.16. The summed E-state index contributed by atoms with van der Waals surface area (Å²) < 4.78 is 5.29. The molecule has 27 heavy (non-hydrogen) atoms. The van der Waals surface area contributed by atoms with Crippen LogP contribution in [0.15, 0.2) is 35.5 Å². The number of hydrogen-bond donors (Lipinski definition) is 0. The first-order chi connectivity index (χ1) is 13.2. The van der Waals surface area contributed by atoms with E-state index in [0.29, 0.717) is 10.8 Å². The number of carbonyl (C=O) groups is 1. The lowest BCUT2D eigenvalue weighted by Gasteiger charge is -2.40. The molecule has 1 heterocycles. The maximum Gasteiger partial charge on any atom is 0.247 e. The quantitative estimate of drug-likeness (QED) is 0.529. The lowest BCUT2D eigenvalue weighted by atomic mass is 9.76. The monoisotopic (exact) mass is 386 g/mol. The van der Waals surface area contributed by atoms with Gasteiger partial charge in [-0.1, -0.05) is 49.4 Å². The number of fused-ring (bicyclic) bond motifs is 1. The van der Waals surface area contributed by atoms with Gasteiger partial charge in [-0.25, -0.2) is 5.01 Å². The predicted octanol–water partition coefficient (Wildman–Crippen LogP) is 5.20. The summed E-state index contributed by atoms with van der Waals surface area (Å²) in [5, 5.41) is 7.36. The van der Waals surface area contributed by atoms with Crippen LogP contribution < -0.4 is 4.74 Å². The Kier molecular flexibility index (Phi) is 5.53. The van der Waals surface area contributed by atoms with Crippen molar-refractivity contribution in [3.8, 4) is 5.75 Å². The van der Waals surface area contributed by atoms with E-state index in [4.69, 9.17) is 21.4 Å². The fourth-order valence-corrected chi connectivity index (χ4v) is 4.92. The number of hydrogen-bond acceptors (Lipinski definition) is 3. The molecule has 0 bridgehead atoms. The summed E-state index contributed by atoms with van der Waals surface area (Å²) >= 11 is 6.38. The molecule has 1 aromatic rings. The highest BCUT2D eigenvalue weighted by molar-refractivity contribution is 6.32. The van der Waals surface area contributed by atoms with Crippen molar-refractivity contribution in [3.63, 3.8) is 0 Å². The molecule has 4 nitrogen and oxygen atoms in total. The minimum atomic E-state index is -0.00775. The van der Waals surface area contributed by atoms with Gasteiger partial charge in [0.2, 0.25) is 5.91 Å². The van der Waals surface area contributed by atoms with Crippen LogP contribution in [0.5, 0.6) is 5.75 Å². The number of hydrazone groups is 1. The van der Waals surface area contributed by atoms with Gasteiger partial charge in [-0.15, -0.1) is 0 Å². The highest BCUT2D eigenvalue weighted by atomic mass is 35.5. The van der Waals surface area contributed by atoms with Crippen LogP contribution in [0.3, 0.4) is 0 Å². The zero-order chi connectivity index (χ0) is 18.8. The van der Waals surface area contributed by atoms with Crippen LogP contribution in [0.25, 0.3) is 0 Å². The Balaban J connectivity index is 1.73. The van der Waals surface area contributed by atoms with Crippen LogP contribution in [0.1, 0.15) is 56.9 Å². The highest BCUT2D eigenvalue weighted by Crippen LogP contribution is 2.38. The number of methoxy groups -OCH3 is 1. The molecule has 144 valence electrons. The smallest absolute Gasteiger partial charge is 0.247 e. The van der Waals surface area contributed by atoms with Crippen molar-refractivity contribution in [2.45, 2.75) is 57.4 Å². The van der Waals surface area contributed by atoms with Gasteiger partial charge in [0.1, 0.15) is 5.75 Å². The van der Waals surface area contributed by atoms with Crippen molar-refractivity contribution >= 4 is 23.2 Å². The molecule has 0 spiro atoms. The summed E-state index contributed by atoms with van der Waals surface area (Å²) in [6.07, 6.45) is 13.0. The SMILES string of the molecule is COc1ccc(C2=NN(C3CCCCCC3)C(=O)[C@H]3CC=CC[C@@H]23)cc1Cl. The van der Waals surface area contributed by atoms with Crippen molar-refractivity contribution in [1.82, 2.24) is 5.01 Å². The van der Waals surface area contributed by atoms with Gasteiger partial charge >= 0.3 is 0 Å². The van der Waals surface area contributed by atoms with Crippen molar-refractivity contribution in [1.29, 1.82) is 0 Å². The third kappa shape index (κ3) is 3.64. The Morgan fingerprint density at radius 3 is 2.44 bits per heavy atom. The predicted molar refractivity (Wildman–Crippen MR) is 108 cm³/mol. The first kappa shape index (κ1) is 18.5. The second kappa shape index (κ2) is 8.05. The highest BCUT2D eigenvalue weighted by Gasteiger charge is 2.42. The minimum absolute atomic E-state index is 0.00775. The van der Waals surface area contributed by atoms with Crippen LogP contribution >= 0.6 is 11.6 Å². The normalized spacial score (nSPS) is 26.4. The number of allylic oxidation sites excluding steroid dienone is 2. The lowest BCUT2D eigenvalue weighted by molar-refractivity contribution is -0.140. The second-order valence-corrected chi connectivity index (χ2v) is 8.23. The van der Waals surface area contributed by atoms with Gasteiger partial charge in [0.05, 0.1) is 29.8 Å². The first-order valence-electron chi connectivity index (χ1n) is 10.1. The molecule has 0 saturated heterocycles. The van der Waals surface area contributed by atoms with Crippen molar-refractivity contribution in [2.75, 3.05) is 7.11 Å². The van der Waals surface area contributed by atoms with E-state index in [-0.39, 0.29) is 23.8 Å². The number of amides is 1. The molecule has 1 fully saturated rings. The molecule has 3 aliphatic rings. The molecule has 1 saturated carbocycles. The number of nitrogens with zero attached hydrogens (tertiary/aromatic N) is 2. The Hall–Kier alpha value is -1.81. The zero-order valence-corrected chi connectivity index (χ0v) is 16.6. The fraction of sp³-hybridized carbons (Fsp3) is 0.545. The van der Waals surface area contributed by atoms with Crippen molar-refractivity contribution in [3.05, 3.63) is 40.9 Å². The summed E-state index contributed by atoms with van der Waals surface area (Å²) in [7, 11) is 1.62.